The van der Waals surface area contributed by atoms with Crippen molar-refractivity contribution in [3.05, 3.63) is 47.0 Å². The molecule has 0 amide bonds. The van der Waals surface area contributed by atoms with Gasteiger partial charge >= 0.3 is 0 Å². The molecule has 2 rings (SSSR count). The minimum absolute atomic E-state index is 0.0126. The van der Waals surface area contributed by atoms with Gasteiger partial charge in [-0.15, -0.1) is 0 Å². The monoisotopic (exact) mass is 205 g/mol. The van der Waals surface area contributed by atoms with E-state index < -0.39 is 0 Å². The second-order valence-electron chi connectivity index (χ2n) is 3.47. The van der Waals surface area contributed by atoms with Gasteiger partial charge in [0.1, 0.15) is 0 Å². The van der Waals surface area contributed by atoms with Gasteiger partial charge in [-0.05, 0) is 23.9 Å². The zero-order valence-electron chi connectivity index (χ0n) is 8.00. The van der Waals surface area contributed by atoms with E-state index in [1.54, 1.807) is 0 Å². The third-order valence-electron chi connectivity index (χ3n) is 2.38. The molecular formula is C12H12ClN. The maximum atomic E-state index is 6.15. The predicted molar refractivity (Wildman–Crippen MR) is 61.6 cm³/mol. The lowest BCUT2D eigenvalue weighted by atomic mass is 10.0. The Balaban J connectivity index is 2.84. The van der Waals surface area contributed by atoms with Gasteiger partial charge in [0.15, 0.2) is 0 Å². The Morgan fingerprint density at radius 1 is 1.14 bits per heavy atom. The summed E-state index contributed by atoms with van der Waals surface area (Å²) >= 11 is 6.15. The fourth-order valence-electron chi connectivity index (χ4n) is 1.70. The van der Waals surface area contributed by atoms with Gasteiger partial charge in [0.25, 0.3) is 0 Å². The van der Waals surface area contributed by atoms with Crippen molar-refractivity contribution in [2.75, 3.05) is 0 Å². The SMILES string of the molecule is CC(N)c1cccc2cccc(Cl)c12. The zero-order valence-corrected chi connectivity index (χ0v) is 8.75. The van der Waals surface area contributed by atoms with Crippen LogP contribution >= 0.6 is 11.6 Å². The van der Waals surface area contributed by atoms with Crippen LogP contribution in [0.15, 0.2) is 36.4 Å². The normalized spacial score (nSPS) is 13.1. The van der Waals surface area contributed by atoms with E-state index in [9.17, 15) is 0 Å². The molecular weight excluding hydrogens is 194 g/mol. The summed E-state index contributed by atoms with van der Waals surface area (Å²) in [5, 5.41) is 2.99. The van der Waals surface area contributed by atoms with E-state index in [4.69, 9.17) is 17.3 Å². The second-order valence-corrected chi connectivity index (χ2v) is 3.88. The van der Waals surface area contributed by atoms with Crippen LogP contribution in [-0.4, -0.2) is 0 Å². The van der Waals surface area contributed by atoms with Crippen molar-refractivity contribution in [1.29, 1.82) is 0 Å². The number of halogens is 1. The van der Waals surface area contributed by atoms with E-state index in [0.717, 1.165) is 21.4 Å². The molecule has 1 nitrogen and oxygen atoms in total. The Morgan fingerprint density at radius 2 is 1.79 bits per heavy atom. The lowest BCUT2D eigenvalue weighted by Crippen LogP contribution is -2.05. The van der Waals surface area contributed by atoms with Crippen LogP contribution in [0.3, 0.4) is 0 Å². The standard InChI is InChI=1S/C12H12ClN/c1-8(14)10-6-2-4-9-5-3-7-11(13)12(9)10/h2-8H,14H2,1H3. The smallest absolute Gasteiger partial charge is 0.0487 e. The third-order valence-corrected chi connectivity index (χ3v) is 2.69. The van der Waals surface area contributed by atoms with Crippen molar-refractivity contribution >= 4 is 22.4 Å². The summed E-state index contributed by atoms with van der Waals surface area (Å²) in [6.07, 6.45) is 0. The van der Waals surface area contributed by atoms with E-state index in [-0.39, 0.29) is 6.04 Å². The van der Waals surface area contributed by atoms with Gasteiger partial charge < -0.3 is 5.73 Å². The minimum Gasteiger partial charge on any atom is -0.324 e. The van der Waals surface area contributed by atoms with Gasteiger partial charge in [-0.1, -0.05) is 41.9 Å². The Labute approximate surface area is 88.5 Å². The lowest BCUT2D eigenvalue weighted by molar-refractivity contribution is 0.827. The largest absolute Gasteiger partial charge is 0.324 e. The number of fused-ring (bicyclic) bond motifs is 1. The van der Waals surface area contributed by atoms with Gasteiger partial charge in [-0.25, -0.2) is 0 Å². The van der Waals surface area contributed by atoms with Gasteiger partial charge in [-0.3, -0.25) is 0 Å². The highest BCUT2D eigenvalue weighted by molar-refractivity contribution is 6.35. The Hall–Kier alpha value is -1.05. The summed E-state index contributed by atoms with van der Waals surface area (Å²) in [5.41, 5.74) is 6.99. The van der Waals surface area contributed by atoms with Crippen LogP contribution in [0.5, 0.6) is 0 Å². The Morgan fingerprint density at radius 3 is 2.43 bits per heavy atom. The van der Waals surface area contributed by atoms with E-state index in [1.807, 2.05) is 43.3 Å². The molecule has 2 aromatic carbocycles. The van der Waals surface area contributed by atoms with Crippen LogP contribution in [-0.2, 0) is 0 Å². The summed E-state index contributed by atoms with van der Waals surface area (Å²) < 4.78 is 0. The second kappa shape index (κ2) is 3.60. The molecule has 0 spiro atoms. The first kappa shape index (κ1) is 9.50. The molecule has 0 bridgehead atoms. The summed E-state index contributed by atoms with van der Waals surface area (Å²) in [6.45, 7) is 1.97. The Bertz CT molecular complexity index is 458. The van der Waals surface area contributed by atoms with Crippen molar-refractivity contribution < 1.29 is 0 Å². The average molecular weight is 206 g/mol. The Kier molecular flexibility index (Phi) is 2.44. The topological polar surface area (TPSA) is 26.0 Å². The third kappa shape index (κ3) is 1.49. The van der Waals surface area contributed by atoms with E-state index >= 15 is 0 Å². The number of hydrogen-bond acceptors (Lipinski definition) is 1. The van der Waals surface area contributed by atoms with E-state index in [2.05, 4.69) is 0 Å². The van der Waals surface area contributed by atoms with Crippen molar-refractivity contribution in [1.82, 2.24) is 0 Å². The fourth-order valence-corrected chi connectivity index (χ4v) is 1.99. The van der Waals surface area contributed by atoms with Crippen LogP contribution in [0, 0.1) is 0 Å². The number of nitrogens with two attached hydrogens (primary N) is 1. The molecule has 2 N–H and O–H groups in total. The van der Waals surface area contributed by atoms with Crippen LogP contribution in [0.1, 0.15) is 18.5 Å². The highest BCUT2D eigenvalue weighted by Gasteiger charge is 2.07. The van der Waals surface area contributed by atoms with Gasteiger partial charge in [0.2, 0.25) is 0 Å². The molecule has 2 heteroatoms. The summed E-state index contributed by atoms with van der Waals surface area (Å²) in [4.78, 5) is 0. The maximum Gasteiger partial charge on any atom is 0.0487 e. The van der Waals surface area contributed by atoms with E-state index in [1.165, 1.54) is 0 Å². The number of benzene rings is 2. The van der Waals surface area contributed by atoms with Crippen molar-refractivity contribution in [2.45, 2.75) is 13.0 Å². The molecule has 0 aliphatic carbocycles. The molecule has 0 aromatic heterocycles. The van der Waals surface area contributed by atoms with Crippen LogP contribution < -0.4 is 5.73 Å². The molecule has 0 saturated carbocycles. The lowest BCUT2D eigenvalue weighted by Gasteiger charge is -2.10. The zero-order chi connectivity index (χ0) is 10.1. The molecule has 0 aliphatic heterocycles. The highest BCUT2D eigenvalue weighted by atomic mass is 35.5. The fraction of sp³-hybridized carbons (Fsp3) is 0.167. The summed E-state index contributed by atoms with van der Waals surface area (Å²) in [5.74, 6) is 0. The molecule has 0 saturated heterocycles. The van der Waals surface area contributed by atoms with Crippen LogP contribution in [0.4, 0.5) is 0 Å². The quantitative estimate of drug-likeness (QED) is 0.758. The van der Waals surface area contributed by atoms with Crippen molar-refractivity contribution in [2.24, 2.45) is 5.73 Å². The molecule has 1 atom stereocenters. The number of rotatable bonds is 1. The predicted octanol–water partition coefficient (Wildman–Crippen LogP) is 3.51. The van der Waals surface area contributed by atoms with Gasteiger partial charge in [-0.2, -0.15) is 0 Å². The van der Waals surface area contributed by atoms with Crippen molar-refractivity contribution in [3.63, 3.8) is 0 Å². The highest BCUT2D eigenvalue weighted by Crippen LogP contribution is 2.29. The molecule has 14 heavy (non-hydrogen) atoms. The molecule has 72 valence electrons. The first-order valence-electron chi connectivity index (χ1n) is 4.63. The first-order chi connectivity index (χ1) is 6.70. The minimum atomic E-state index is 0.0126. The van der Waals surface area contributed by atoms with Crippen LogP contribution in [0.2, 0.25) is 5.02 Å². The van der Waals surface area contributed by atoms with Crippen molar-refractivity contribution in [3.8, 4) is 0 Å². The molecule has 1 unspecified atom stereocenters. The van der Waals surface area contributed by atoms with Gasteiger partial charge in [0.05, 0.1) is 0 Å². The summed E-state index contributed by atoms with van der Waals surface area (Å²) in [6, 6.07) is 12.0. The first-order valence-corrected chi connectivity index (χ1v) is 5.00. The molecule has 0 heterocycles. The number of hydrogen-bond donors (Lipinski definition) is 1. The van der Waals surface area contributed by atoms with Gasteiger partial charge in [0, 0.05) is 16.5 Å². The van der Waals surface area contributed by atoms with E-state index in [0.29, 0.717) is 0 Å². The average Bonchev–Trinajstić information content (AvgIpc) is 2.17. The molecule has 0 aliphatic rings. The molecule has 2 aromatic rings. The van der Waals surface area contributed by atoms with Crippen LogP contribution in [0.25, 0.3) is 10.8 Å². The maximum absolute atomic E-state index is 6.15. The molecule has 0 fully saturated rings. The molecule has 0 radical (unpaired) electrons. The summed E-state index contributed by atoms with van der Waals surface area (Å²) in [7, 11) is 0.